The molecule has 0 aliphatic heterocycles. The predicted molar refractivity (Wildman–Crippen MR) is 100 cm³/mol. The van der Waals surface area contributed by atoms with Crippen LogP contribution in [0, 0.1) is 5.92 Å². The van der Waals surface area contributed by atoms with E-state index in [-0.39, 0.29) is 17.7 Å². The number of nitrogens with one attached hydrogen (secondary N) is 1. The third-order valence-corrected chi connectivity index (χ3v) is 4.59. The summed E-state index contributed by atoms with van der Waals surface area (Å²) in [6.45, 7) is 5.38. The lowest BCUT2D eigenvalue weighted by Crippen LogP contribution is -2.30. The van der Waals surface area contributed by atoms with Crippen molar-refractivity contribution in [3.63, 3.8) is 0 Å². The van der Waals surface area contributed by atoms with Gasteiger partial charge in [0.2, 0.25) is 5.91 Å². The van der Waals surface area contributed by atoms with Gasteiger partial charge in [0.1, 0.15) is 0 Å². The van der Waals surface area contributed by atoms with Crippen LogP contribution in [0.3, 0.4) is 0 Å². The lowest BCUT2D eigenvalue weighted by Gasteiger charge is -2.18. The molecule has 2 aromatic carbocycles. The van der Waals surface area contributed by atoms with Crippen LogP contribution in [-0.2, 0) is 4.79 Å². The summed E-state index contributed by atoms with van der Waals surface area (Å²) in [4.78, 5) is 26.1. The van der Waals surface area contributed by atoms with Crippen molar-refractivity contribution in [2.45, 2.75) is 26.7 Å². The van der Waals surface area contributed by atoms with Crippen molar-refractivity contribution in [1.82, 2.24) is 4.90 Å². The summed E-state index contributed by atoms with van der Waals surface area (Å²) >= 11 is 0. The zero-order valence-corrected chi connectivity index (χ0v) is 14.8. The maximum absolute atomic E-state index is 12.4. The lowest BCUT2D eigenvalue weighted by atomic mass is 10.0. The predicted octanol–water partition coefficient (Wildman–Crippen LogP) is 4.18. The molecule has 1 aliphatic carbocycles. The summed E-state index contributed by atoms with van der Waals surface area (Å²) in [7, 11) is 0. The fourth-order valence-corrected chi connectivity index (χ4v) is 2.87. The minimum Gasteiger partial charge on any atom is -0.339 e. The maximum Gasteiger partial charge on any atom is 0.253 e. The molecule has 1 aliphatic rings. The van der Waals surface area contributed by atoms with Gasteiger partial charge in [-0.2, -0.15) is 0 Å². The molecule has 0 spiro atoms. The van der Waals surface area contributed by atoms with E-state index in [9.17, 15) is 9.59 Å². The number of carbonyl (C=O) groups is 2. The van der Waals surface area contributed by atoms with Gasteiger partial charge in [-0.3, -0.25) is 9.59 Å². The fourth-order valence-electron chi connectivity index (χ4n) is 2.87. The van der Waals surface area contributed by atoms with Gasteiger partial charge in [-0.05, 0) is 62.1 Å². The van der Waals surface area contributed by atoms with E-state index in [0.717, 1.165) is 29.7 Å². The quantitative estimate of drug-likeness (QED) is 0.860. The Bertz CT molecular complexity index is 760. The minimum atomic E-state index is 0.0574. The van der Waals surface area contributed by atoms with Crippen LogP contribution in [-0.4, -0.2) is 29.8 Å². The third kappa shape index (κ3) is 4.08. The topological polar surface area (TPSA) is 49.4 Å². The highest BCUT2D eigenvalue weighted by molar-refractivity contribution is 5.95. The summed E-state index contributed by atoms with van der Waals surface area (Å²) in [5.74, 6) is 0.355. The van der Waals surface area contributed by atoms with Crippen molar-refractivity contribution >= 4 is 17.5 Å². The molecule has 0 radical (unpaired) electrons. The molecule has 130 valence electrons. The van der Waals surface area contributed by atoms with Crippen LogP contribution in [0.1, 0.15) is 37.0 Å². The van der Waals surface area contributed by atoms with E-state index in [1.165, 1.54) is 0 Å². The Morgan fingerprint density at radius 3 is 2.28 bits per heavy atom. The molecule has 0 unspecified atom stereocenters. The Morgan fingerprint density at radius 2 is 1.68 bits per heavy atom. The van der Waals surface area contributed by atoms with Crippen LogP contribution in [0.5, 0.6) is 0 Å². The molecule has 4 heteroatoms. The van der Waals surface area contributed by atoms with Gasteiger partial charge in [0, 0.05) is 30.3 Å². The smallest absolute Gasteiger partial charge is 0.253 e. The summed E-state index contributed by atoms with van der Waals surface area (Å²) in [6.07, 6.45) is 1.99. The van der Waals surface area contributed by atoms with E-state index < -0.39 is 0 Å². The van der Waals surface area contributed by atoms with Gasteiger partial charge in [0.25, 0.3) is 5.91 Å². The Hall–Kier alpha value is -2.62. The van der Waals surface area contributed by atoms with Crippen LogP contribution < -0.4 is 5.32 Å². The molecule has 2 aromatic rings. The number of rotatable bonds is 6. The molecule has 0 aromatic heterocycles. The fraction of sp³-hybridized carbons (Fsp3) is 0.333. The Balaban J connectivity index is 1.75. The third-order valence-electron chi connectivity index (χ3n) is 4.59. The van der Waals surface area contributed by atoms with Gasteiger partial charge in [0.15, 0.2) is 0 Å². The highest BCUT2D eigenvalue weighted by Crippen LogP contribution is 2.31. The number of hydrogen-bond donors (Lipinski definition) is 1. The number of amides is 2. The maximum atomic E-state index is 12.4. The number of nitrogens with zero attached hydrogens (tertiary/aromatic N) is 1. The molecule has 0 atom stereocenters. The summed E-state index contributed by atoms with van der Waals surface area (Å²) in [5.41, 5.74) is 3.57. The first-order valence-corrected chi connectivity index (χ1v) is 8.93. The average Bonchev–Trinajstić information content (AvgIpc) is 3.48. The SMILES string of the molecule is CCN(CC)C(=O)c1ccc(-c2cccc(NC(=O)C3CC3)c2)cc1. The van der Waals surface area contributed by atoms with Gasteiger partial charge in [-0.1, -0.05) is 24.3 Å². The molecule has 4 nitrogen and oxygen atoms in total. The molecule has 1 saturated carbocycles. The molecule has 0 saturated heterocycles. The van der Waals surface area contributed by atoms with E-state index in [0.29, 0.717) is 18.7 Å². The zero-order valence-electron chi connectivity index (χ0n) is 14.8. The van der Waals surface area contributed by atoms with Crippen LogP contribution in [0.25, 0.3) is 11.1 Å². The Labute approximate surface area is 148 Å². The van der Waals surface area contributed by atoms with Gasteiger partial charge >= 0.3 is 0 Å². The summed E-state index contributed by atoms with van der Waals surface area (Å²) < 4.78 is 0. The largest absolute Gasteiger partial charge is 0.339 e. The number of anilines is 1. The first-order chi connectivity index (χ1) is 12.1. The Kier molecular flexibility index (Phi) is 5.17. The lowest BCUT2D eigenvalue weighted by molar-refractivity contribution is -0.117. The summed E-state index contributed by atoms with van der Waals surface area (Å²) in [5, 5.41) is 2.97. The van der Waals surface area contributed by atoms with E-state index in [4.69, 9.17) is 0 Å². The van der Waals surface area contributed by atoms with Crippen LogP contribution in [0.4, 0.5) is 5.69 Å². The van der Waals surface area contributed by atoms with E-state index in [1.807, 2.05) is 67.3 Å². The second-order valence-corrected chi connectivity index (χ2v) is 6.40. The molecule has 3 rings (SSSR count). The molecule has 1 fully saturated rings. The van der Waals surface area contributed by atoms with E-state index >= 15 is 0 Å². The molecule has 2 amide bonds. The average molecular weight is 336 g/mol. The van der Waals surface area contributed by atoms with E-state index in [2.05, 4.69) is 5.32 Å². The van der Waals surface area contributed by atoms with Crippen molar-refractivity contribution in [2.24, 2.45) is 5.92 Å². The van der Waals surface area contributed by atoms with Gasteiger partial charge in [-0.15, -0.1) is 0 Å². The van der Waals surface area contributed by atoms with Crippen LogP contribution in [0.15, 0.2) is 48.5 Å². The highest BCUT2D eigenvalue weighted by Gasteiger charge is 2.29. The van der Waals surface area contributed by atoms with E-state index in [1.54, 1.807) is 0 Å². The van der Waals surface area contributed by atoms with Crippen molar-refractivity contribution in [1.29, 1.82) is 0 Å². The molecule has 0 bridgehead atoms. The standard InChI is InChI=1S/C21H24N2O2/c1-3-23(4-2)21(25)17-12-8-15(9-13-17)18-6-5-7-19(14-18)22-20(24)16-10-11-16/h5-9,12-14,16H,3-4,10-11H2,1-2H3,(H,22,24). The second-order valence-electron chi connectivity index (χ2n) is 6.40. The number of carbonyl (C=O) groups excluding carboxylic acids is 2. The minimum absolute atomic E-state index is 0.0574. The normalized spacial score (nSPS) is 13.4. The monoisotopic (exact) mass is 336 g/mol. The first-order valence-electron chi connectivity index (χ1n) is 8.93. The zero-order chi connectivity index (χ0) is 17.8. The van der Waals surface area contributed by atoms with Crippen molar-refractivity contribution in [3.8, 4) is 11.1 Å². The van der Waals surface area contributed by atoms with Crippen molar-refractivity contribution < 1.29 is 9.59 Å². The van der Waals surface area contributed by atoms with Crippen molar-refractivity contribution in [3.05, 3.63) is 54.1 Å². The van der Waals surface area contributed by atoms with Crippen molar-refractivity contribution in [2.75, 3.05) is 18.4 Å². The van der Waals surface area contributed by atoms with Crippen LogP contribution in [0.2, 0.25) is 0 Å². The molecular formula is C21H24N2O2. The second kappa shape index (κ2) is 7.51. The van der Waals surface area contributed by atoms with Gasteiger partial charge < -0.3 is 10.2 Å². The highest BCUT2D eigenvalue weighted by atomic mass is 16.2. The number of hydrogen-bond acceptors (Lipinski definition) is 2. The molecule has 0 heterocycles. The molecular weight excluding hydrogens is 312 g/mol. The first kappa shape index (κ1) is 17.2. The molecule has 1 N–H and O–H groups in total. The summed E-state index contributed by atoms with van der Waals surface area (Å²) in [6, 6.07) is 15.5. The Morgan fingerprint density at radius 1 is 1.00 bits per heavy atom. The van der Waals surface area contributed by atoms with Gasteiger partial charge in [0.05, 0.1) is 0 Å². The van der Waals surface area contributed by atoms with Crippen LogP contribution >= 0.6 is 0 Å². The van der Waals surface area contributed by atoms with Gasteiger partial charge in [-0.25, -0.2) is 0 Å². The molecule has 25 heavy (non-hydrogen) atoms. The number of benzene rings is 2.